The Morgan fingerprint density at radius 2 is 2.03 bits per heavy atom. The fourth-order valence-electron chi connectivity index (χ4n) is 2.70. The van der Waals surface area contributed by atoms with E-state index in [-0.39, 0.29) is 41.9 Å². The van der Waals surface area contributed by atoms with Crippen molar-refractivity contribution in [1.82, 2.24) is 20.9 Å². The van der Waals surface area contributed by atoms with Gasteiger partial charge >= 0.3 is 5.97 Å². The minimum absolute atomic E-state index is 0. The molecule has 8 nitrogen and oxygen atoms in total. The van der Waals surface area contributed by atoms with Gasteiger partial charge in [0.1, 0.15) is 9.88 Å². The van der Waals surface area contributed by atoms with E-state index in [1.165, 1.54) is 11.3 Å². The zero-order valence-electron chi connectivity index (χ0n) is 18.4. The van der Waals surface area contributed by atoms with Gasteiger partial charge in [-0.3, -0.25) is 4.79 Å². The van der Waals surface area contributed by atoms with E-state index >= 15 is 0 Å². The molecule has 0 fully saturated rings. The largest absolute Gasteiger partial charge is 0.462 e. The molecule has 1 amide bonds. The average Bonchev–Trinajstić information content (AvgIpc) is 3.14. The van der Waals surface area contributed by atoms with E-state index in [0.717, 1.165) is 10.6 Å². The van der Waals surface area contributed by atoms with Crippen molar-refractivity contribution in [3.63, 3.8) is 0 Å². The van der Waals surface area contributed by atoms with Crippen molar-refractivity contribution in [3.8, 4) is 0 Å². The number of nitrogens with zero attached hydrogens (tertiary/aromatic N) is 2. The van der Waals surface area contributed by atoms with Crippen LogP contribution in [0, 0.1) is 6.92 Å². The summed E-state index contributed by atoms with van der Waals surface area (Å²) in [5, 5.41) is 9.93. The number of thiazole rings is 1. The Morgan fingerprint density at radius 3 is 2.68 bits per heavy atom. The van der Waals surface area contributed by atoms with Crippen LogP contribution >= 0.6 is 35.3 Å². The molecule has 0 saturated heterocycles. The molecule has 2 aromatic rings. The lowest BCUT2D eigenvalue weighted by Crippen LogP contribution is -2.38. The number of halogens is 1. The molecule has 1 aromatic carbocycles. The number of hydrogen-bond donors (Lipinski definition) is 3. The maximum Gasteiger partial charge on any atom is 0.350 e. The summed E-state index contributed by atoms with van der Waals surface area (Å²) in [6.07, 6.45) is 0. The van der Waals surface area contributed by atoms with E-state index in [0.29, 0.717) is 41.8 Å². The van der Waals surface area contributed by atoms with Gasteiger partial charge in [-0.15, -0.1) is 35.3 Å². The molecule has 0 saturated carbocycles. The molecule has 0 aliphatic heterocycles. The van der Waals surface area contributed by atoms with Crippen molar-refractivity contribution >= 4 is 53.1 Å². The molecule has 2 rings (SSSR count). The standard InChI is InChI=1S/C21H29N5O3S.HI/c1-6-23-21(24-12-15-9-8-10-16(11-15)18(27)22-5)26-14(4)19-25-13(3)17(30-19)20(28)29-7-2;/h8-11,14H,6-7,12H2,1-5H3,(H,22,27)(H2,23,24,26);1H. The number of aryl methyl sites for hydroxylation is 1. The van der Waals surface area contributed by atoms with Gasteiger partial charge in [0.2, 0.25) is 0 Å². The summed E-state index contributed by atoms with van der Waals surface area (Å²) >= 11 is 1.32. The highest BCUT2D eigenvalue weighted by Crippen LogP contribution is 2.24. The van der Waals surface area contributed by atoms with Gasteiger partial charge in [-0.2, -0.15) is 0 Å². The highest BCUT2D eigenvalue weighted by atomic mass is 127. The number of carbonyl (C=O) groups is 2. The first-order valence-corrected chi connectivity index (χ1v) is 10.7. The first-order chi connectivity index (χ1) is 14.4. The second-order valence-electron chi connectivity index (χ2n) is 6.53. The zero-order valence-corrected chi connectivity index (χ0v) is 21.6. The smallest absolute Gasteiger partial charge is 0.350 e. The van der Waals surface area contributed by atoms with Crippen LogP contribution in [0.2, 0.25) is 0 Å². The minimum atomic E-state index is -0.345. The third kappa shape index (κ3) is 7.76. The van der Waals surface area contributed by atoms with E-state index < -0.39 is 0 Å². The third-order valence-corrected chi connectivity index (χ3v) is 5.50. The molecule has 1 heterocycles. The van der Waals surface area contributed by atoms with Gasteiger partial charge in [-0.25, -0.2) is 14.8 Å². The highest BCUT2D eigenvalue weighted by molar-refractivity contribution is 14.0. The number of aromatic nitrogens is 1. The number of ether oxygens (including phenoxy) is 1. The number of nitrogens with one attached hydrogen (secondary N) is 3. The quantitative estimate of drug-likeness (QED) is 0.198. The maximum atomic E-state index is 12.0. The molecule has 0 bridgehead atoms. The normalized spacial score (nSPS) is 11.8. The SMILES string of the molecule is CCNC(=NCc1cccc(C(=O)NC)c1)NC(C)c1nc(C)c(C(=O)OCC)s1.I. The first kappa shape index (κ1) is 26.8. The number of carbonyl (C=O) groups excluding carboxylic acids is 2. The number of hydrogen-bond acceptors (Lipinski definition) is 6. The van der Waals surface area contributed by atoms with Crippen molar-refractivity contribution in [2.75, 3.05) is 20.2 Å². The number of rotatable bonds is 8. The van der Waals surface area contributed by atoms with E-state index in [4.69, 9.17) is 4.74 Å². The van der Waals surface area contributed by atoms with Crippen molar-refractivity contribution in [2.45, 2.75) is 40.3 Å². The van der Waals surface area contributed by atoms with Crippen LogP contribution < -0.4 is 16.0 Å². The Labute approximate surface area is 204 Å². The number of aliphatic imine (C=N–C) groups is 1. The van der Waals surface area contributed by atoms with Gasteiger partial charge in [-0.05, 0) is 45.4 Å². The molecule has 0 aliphatic carbocycles. The van der Waals surface area contributed by atoms with Crippen LogP contribution in [0.5, 0.6) is 0 Å². The van der Waals surface area contributed by atoms with E-state index in [9.17, 15) is 9.59 Å². The second kappa shape index (κ2) is 13.3. The van der Waals surface area contributed by atoms with Crippen LogP contribution in [-0.4, -0.2) is 43.0 Å². The number of amides is 1. The van der Waals surface area contributed by atoms with Crippen LogP contribution in [0.1, 0.15) is 63.1 Å². The summed E-state index contributed by atoms with van der Waals surface area (Å²) in [5.74, 6) is 0.152. The molecule has 0 aliphatic rings. The van der Waals surface area contributed by atoms with Gasteiger partial charge in [0.15, 0.2) is 5.96 Å². The molecule has 10 heteroatoms. The van der Waals surface area contributed by atoms with Crippen LogP contribution in [0.25, 0.3) is 0 Å². The monoisotopic (exact) mass is 559 g/mol. The predicted octanol–water partition coefficient (Wildman–Crippen LogP) is 3.42. The summed E-state index contributed by atoms with van der Waals surface area (Å²) in [7, 11) is 1.61. The molecule has 31 heavy (non-hydrogen) atoms. The van der Waals surface area contributed by atoms with E-state index in [1.807, 2.05) is 32.0 Å². The number of benzene rings is 1. The predicted molar refractivity (Wildman–Crippen MR) is 134 cm³/mol. The van der Waals surface area contributed by atoms with Crippen molar-refractivity contribution in [2.24, 2.45) is 4.99 Å². The summed E-state index contributed by atoms with van der Waals surface area (Å²) in [6.45, 7) is 8.98. The topological polar surface area (TPSA) is 105 Å². The number of guanidine groups is 1. The Hall–Kier alpha value is -2.21. The Bertz CT molecular complexity index is 916. The van der Waals surface area contributed by atoms with E-state index in [1.54, 1.807) is 27.0 Å². The fourth-order valence-corrected chi connectivity index (χ4v) is 3.66. The Morgan fingerprint density at radius 1 is 1.29 bits per heavy atom. The molecule has 1 atom stereocenters. The summed E-state index contributed by atoms with van der Waals surface area (Å²) < 4.78 is 5.09. The average molecular weight is 559 g/mol. The van der Waals surface area contributed by atoms with Gasteiger partial charge in [0, 0.05) is 19.2 Å². The zero-order chi connectivity index (χ0) is 22.1. The first-order valence-electron chi connectivity index (χ1n) is 9.89. The molecular formula is C21H30IN5O3S. The minimum Gasteiger partial charge on any atom is -0.462 e. The molecule has 0 radical (unpaired) electrons. The molecular weight excluding hydrogens is 529 g/mol. The van der Waals surface area contributed by atoms with Crippen LogP contribution in [0.15, 0.2) is 29.3 Å². The summed E-state index contributed by atoms with van der Waals surface area (Å²) in [6, 6.07) is 7.22. The molecule has 1 unspecified atom stereocenters. The molecule has 170 valence electrons. The van der Waals surface area contributed by atoms with Crippen molar-refractivity contribution in [3.05, 3.63) is 51.0 Å². The second-order valence-corrected chi connectivity index (χ2v) is 7.56. The molecule has 3 N–H and O–H groups in total. The summed E-state index contributed by atoms with van der Waals surface area (Å²) in [4.78, 5) is 33.5. The van der Waals surface area contributed by atoms with Crippen LogP contribution in [0.3, 0.4) is 0 Å². The number of esters is 1. The van der Waals surface area contributed by atoms with Gasteiger partial charge in [0.05, 0.1) is 24.9 Å². The lowest BCUT2D eigenvalue weighted by molar-refractivity contribution is 0.0531. The van der Waals surface area contributed by atoms with Crippen molar-refractivity contribution < 1.29 is 14.3 Å². The lowest BCUT2D eigenvalue weighted by atomic mass is 10.1. The van der Waals surface area contributed by atoms with Crippen LogP contribution in [0.4, 0.5) is 0 Å². The third-order valence-electron chi connectivity index (χ3n) is 4.18. The Balaban J connectivity index is 0.00000480. The lowest BCUT2D eigenvalue weighted by Gasteiger charge is -2.16. The summed E-state index contributed by atoms with van der Waals surface area (Å²) in [5.41, 5.74) is 2.19. The highest BCUT2D eigenvalue weighted by Gasteiger charge is 2.20. The molecule has 1 aromatic heterocycles. The van der Waals surface area contributed by atoms with Gasteiger partial charge in [-0.1, -0.05) is 12.1 Å². The van der Waals surface area contributed by atoms with Gasteiger partial charge < -0.3 is 20.7 Å². The Kier molecular flexibility index (Phi) is 11.5. The van der Waals surface area contributed by atoms with E-state index in [2.05, 4.69) is 25.9 Å². The van der Waals surface area contributed by atoms with Gasteiger partial charge in [0.25, 0.3) is 5.91 Å². The molecule has 0 spiro atoms. The van der Waals surface area contributed by atoms with Crippen molar-refractivity contribution in [1.29, 1.82) is 0 Å². The fraction of sp³-hybridized carbons (Fsp3) is 0.429. The van der Waals surface area contributed by atoms with Crippen LogP contribution in [-0.2, 0) is 11.3 Å². The maximum absolute atomic E-state index is 12.0.